The lowest BCUT2D eigenvalue weighted by Crippen LogP contribution is -2.49. The first kappa shape index (κ1) is 24.5. The topological polar surface area (TPSA) is 118 Å². The average molecular weight is 508 g/mol. The van der Waals surface area contributed by atoms with E-state index in [0.29, 0.717) is 54.0 Å². The van der Waals surface area contributed by atoms with Crippen LogP contribution in [0.5, 0.6) is 0 Å². The standard InChI is InChI=1S/C28H22FN7O2/c1-2-3-18-4-7-21-22(14-18)26(33-34-27(21)37)32-20-6-8-24(29)23(15-20)28(38)36-12-10-35(11-13-36)25-9-5-19(16-30)17-31-25/h4-9,14-15,17H,10-13H2,1H3,(H,32,33)(H,34,37). The normalized spacial score (nSPS) is 13.0. The fourth-order valence-electron chi connectivity index (χ4n) is 4.33. The Morgan fingerprint density at radius 3 is 2.55 bits per heavy atom. The molecule has 0 radical (unpaired) electrons. The minimum absolute atomic E-state index is 0.0637. The van der Waals surface area contributed by atoms with Gasteiger partial charge in [0.1, 0.15) is 17.7 Å². The van der Waals surface area contributed by atoms with Gasteiger partial charge in [-0.15, -0.1) is 5.92 Å². The van der Waals surface area contributed by atoms with Gasteiger partial charge < -0.3 is 15.1 Å². The van der Waals surface area contributed by atoms with E-state index in [9.17, 15) is 14.0 Å². The van der Waals surface area contributed by atoms with Crippen molar-refractivity contribution in [1.82, 2.24) is 20.1 Å². The second-order valence-electron chi connectivity index (χ2n) is 8.65. The Balaban J connectivity index is 1.35. The molecule has 0 unspecified atom stereocenters. The number of fused-ring (bicyclic) bond motifs is 1. The molecule has 1 amide bonds. The van der Waals surface area contributed by atoms with Crippen LogP contribution in [0.4, 0.5) is 21.7 Å². The van der Waals surface area contributed by atoms with Crippen LogP contribution >= 0.6 is 0 Å². The maximum absolute atomic E-state index is 14.8. The van der Waals surface area contributed by atoms with Gasteiger partial charge in [-0.1, -0.05) is 5.92 Å². The van der Waals surface area contributed by atoms with Gasteiger partial charge in [-0.25, -0.2) is 14.5 Å². The van der Waals surface area contributed by atoms with Gasteiger partial charge in [0.25, 0.3) is 11.5 Å². The molecule has 1 aliphatic rings. The van der Waals surface area contributed by atoms with E-state index < -0.39 is 11.7 Å². The molecular weight excluding hydrogens is 485 g/mol. The van der Waals surface area contributed by atoms with Crippen molar-refractivity contribution in [3.8, 4) is 17.9 Å². The number of amides is 1. The lowest BCUT2D eigenvalue weighted by molar-refractivity contribution is 0.0742. The highest BCUT2D eigenvalue weighted by molar-refractivity contribution is 5.97. The van der Waals surface area contributed by atoms with E-state index in [2.05, 4.69) is 32.3 Å². The van der Waals surface area contributed by atoms with Crippen LogP contribution in [0.3, 0.4) is 0 Å². The second kappa shape index (κ2) is 10.4. The monoisotopic (exact) mass is 507 g/mol. The molecular formula is C28H22FN7O2. The quantitative estimate of drug-likeness (QED) is 0.407. The molecule has 38 heavy (non-hydrogen) atoms. The number of nitrogens with zero attached hydrogens (tertiary/aromatic N) is 5. The Hall–Kier alpha value is -5.22. The lowest BCUT2D eigenvalue weighted by atomic mass is 10.1. The molecule has 4 aromatic rings. The summed E-state index contributed by atoms with van der Waals surface area (Å²) in [6.07, 6.45) is 1.51. The molecule has 2 aromatic carbocycles. The number of aromatic amines is 1. The molecule has 1 saturated heterocycles. The van der Waals surface area contributed by atoms with Crippen LogP contribution < -0.4 is 15.8 Å². The summed E-state index contributed by atoms with van der Waals surface area (Å²) in [6.45, 7) is 3.57. The molecule has 0 saturated carbocycles. The van der Waals surface area contributed by atoms with Gasteiger partial charge in [-0.3, -0.25) is 9.59 Å². The third-order valence-electron chi connectivity index (χ3n) is 6.29. The van der Waals surface area contributed by atoms with E-state index in [1.54, 1.807) is 42.2 Å². The molecule has 0 aliphatic carbocycles. The van der Waals surface area contributed by atoms with Gasteiger partial charge in [0, 0.05) is 49.0 Å². The smallest absolute Gasteiger partial charge is 0.272 e. The third kappa shape index (κ3) is 4.88. The minimum atomic E-state index is -0.628. The molecule has 0 atom stereocenters. The number of pyridine rings is 1. The number of aromatic nitrogens is 3. The summed E-state index contributed by atoms with van der Waals surface area (Å²) < 4.78 is 14.8. The van der Waals surface area contributed by atoms with E-state index >= 15 is 0 Å². The van der Waals surface area contributed by atoms with Crippen LogP contribution in [0.1, 0.15) is 28.4 Å². The summed E-state index contributed by atoms with van der Waals surface area (Å²) in [7, 11) is 0. The maximum atomic E-state index is 14.8. The first-order chi connectivity index (χ1) is 18.5. The molecule has 0 bridgehead atoms. The summed E-state index contributed by atoms with van der Waals surface area (Å²) in [5.41, 5.74) is 1.24. The predicted molar refractivity (Wildman–Crippen MR) is 142 cm³/mol. The molecule has 3 heterocycles. The van der Waals surface area contributed by atoms with Crippen molar-refractivity contribution in [2.75, 3.05) is 36.4 Å². The zero-order valence-electron chi connectivity index (χ0n) is 20.5. The number of benzene rings is 2. The Kier molecular flexibility index (Phi) is 6.70. The van der Waals surface area contributed by atoms with Gasteiger partial charge in [0.2, 0.25) is 0 Å². The molecule has 1 aliphatic heterocycles. The van der Waals surface area contributed by atoms with Crippen molar-refractivity contribution >= 4 is 34.0 Å². The van der Waals surface area contributed by atoms with Gasteiger partial charge in [0.05, 0.1) is 16.5 Å². The van der Waals surface area contributed by atoms with Crippen LogP contribution in [-0.4, -0.2) is 52.2 Å². The first-order valence-electron chi connectivity index (χ1n) is 11.9. The van der Waals surface area contributed by atoms with Gasteiger partial charge in [-0.2, -0.15) is 10.4 Å². The van der Waals surface area contributed by atoms with E-state index in [0.717, 1.165) is 11.4 Å². The summed E-state index contributed by atoms with van der Waals surface area (Å²) in [6, 6.07) is 14.9. The number of nitrogens with one attached hydrogen (secondary N) is 2. The van der Waals surface area contributed by atoms with Crippen LogP contribution in [0, 0.1) is 29.0 Å². The van der Waals surface area contributed by atoms with E-state index in [-0.39, 0.29) is 11.1 Å². The molecule has 9 nitrogen and oxygen atoms in total. The Bertz CT molecular complexity index is 1690. The van der Waals surface area contributed by atoms with Crippen molar-refractivity contribution in [3.63, 3.8) is 0 Å². The number of hydrogen-bond acceptors (Lipinski definition) is 7. The molecule has 1 fully saturated rings. The summed E-state index contributed by atoms with van der Waals surface area (Å²) in [4.78, 5) is 33.4. The highest BCUT2D eigenvalue weighted by atomic mass is 19.1. The lowest BCUT2D eigenvalue weighted by Gasteiger charge is -2.35. The molecule has 2 aromatic heterocycles. The Labute approximate surface area is 217 Å². The highest BCUT2D eigenvalue weighted by Gasteiger charge is 2.25. The zero-order chi connectivity index (χ0) is 26.6. The van der Waals surface area contributed by atoms with Gasteiger partial charge in [0.15, 0.2) is 5.82 Å². The SMILES string of the molecule is CC#Cc1ccc2c(=O)[nH]nc(Nc3ccc(F)c(C(=O)N4CCN(c5ccc(C#N)cn5)CC4)c3)c2c1. The number of nitriles is 1. The number of halogens is 1. The van der Waals surface area contributed by atoms with Gasteiger partial charge in [-0.05, 0) is 55.5 Å². The van der Waals surface area contributed by atoms with Crippen LogP contribution in [0.25, 0.3) is 10.8 Å². The number of piperazine rings is 1. The molecule has 5 rings (SSSR count). The molecule has 0 spiro atoms. The van der Waals surface area contributed by atoms with Crippen molar-refractivity contribution in [2.45, 2.75) is 6.92 Å². The maximum Gasteiger partial charge on any atom is 0.272 e. The predicted octanol–water partition coefficient (Wildman–Crippen LogP) is 3.41. The number of rotatable bonds is 4. The first-order valence-corrected chi connectivity index (χ1v) is 11.9. The Morgan fingerprint density at radius 2 is 1.84 bits per heavy atom. The molecule has 188 valence electrons. The number of H-pyrrole nitrogens is 1. The second-order valence-corrected chi connectivity index (χ2v) is 8.65. The fraction of sp³-hybridized carbons (Fsp3) is 0.179. The summed E-state index contributed by atoms with van der Waals surface area (Å²) in [5, 5.41) is 19.6. The number of hydrogen-bond donors (Lipinski definition) is 2. The average Bonchev–Trinajstić information content (AvgIpc) is 2.95. The number of carbonyl (C=O) groups excluding carboxylic acids is 1. The summed E-state index contributed by atoms with van der Waals surface area (Å²) in [5.74, 6) is 5.82. The molecule has 2 N–H and O–H groups in total. The van der Waals surface area contributed by atoms with Crippen molar-refractivity contribution in [3.05, 3.63) is 87.6 Å². The van der Waals surface area contributed by atoms with Crippen molar-refractivity contribution < 1.29 is 9.18 Å². The fourth-order valence-corrected chi connectivity index (χ4v) is 4.33. The highest BCUT2D eigenvalue weighted by Crippen LogP contribution is 2.25. The number of carbonyl (C=O) groups is 1. The van der Waals surface area contributed by atoms with Crippen molar-refractivity contribution in [2.24, 2.45) is 0 Å². The van der Waals surface area contributed by atoms with Gasteiger partial charge >= 0.3 is 0 Å². The van der Waals surface area contributed by atoms with Crippen LogP contribution in [0.2, 0.25) is 0 Å². The van der Waals surface area contributed by atoms with Crippen LogP contribution in [-0.2, 0) is 0 Å². The largest absolute Gasteiger partial charge is 0.353 e. The van der Waals surface area contributed by atoms with E-state index in [1.807, 2.05) is 11.0 Å². The Morgan fingerprint density at radius 1 is 1.05 bits per heavy atom. The van der Waals surface area contributed by atoms with E-state index in [1.165, 1.54) is 24.4 Å². The summed E-state index contributed by atoms with van der Waals surface area (Å²) >= 11 is 0. The minimum Gasteiger partial charge on any atom is -0.353 e. The zero-order valence-corrected chi connectivity index (χ0v) is 20.5. The third-order valence-corrected chi connectivity index (χ3v) is 6.29. The number of anilines is 3. The van der Waals surface area contributed by atoms with Crippen LogP contribution in [0.15, 0.2) is 59.5 Å². The van der Waals surface area contributed by atoms with E-state index in [4.69, 9.17) is 5.26 Å². The molecule has 10 heteroatoms. The van der Waals surface area contributed by atoms with Crippen molar-refractivity contribution in [1.29, 1.82) is 5.26 Å².